The van der Waals surface area contributed by atoms with Crippen LogP contribution in [0, 0.1) is 6.92 Å². The van der Waals surface area contributed by atoms with E-state index in [-0.39, 0.29) is 0 Å². The van der Waals surface area contributed by atoms with Crippen LogP contribution in [0.15, 0.2) is 22.6 Å². The third kappa shape index (κ3) is 1.03. The quantitative estimate of drug-likeness (QED) is 0.646. The Morgan fingerprint density at radius 3 is 3.00 bits per heavy atom. The second-order valence-corrected chi connectivity index (χ2v) is 2.57. The van der Waals surface area contributed by atoms with E-state index in [2.05, 4.69) is 4.98 Å². The maximum atomic E-state index is 5.32. The van der Waals surface area contributed by atoms with Crippen LogP contribution in [0.4, 0.5) is 0 Å². The van der Waals surface area contributed by atoms with Crippen molar-refractivity contribution in [2.24, 2.45) is 0 Å². The van der Waals surface area contributed by atoms with Gasteiger partial charge in [0, 0.05) is 13.0 Å². The number of ether oxygens (including phenoxy) is 1. The zero-order valence-electron chi connectivity index (χ0n) is 7.00. The van der Waals surface area contributed by atoms with Crippen LogP contribution >= 0.6 is 0 Å². The number of fused-ring (bicyclic) bond motifs is 1. The highest BCUT2D eigenvalue weighted by Gasteiger charge is 2.02. The fourth-order valence-corrected chi connectivity index (χ4v) is 1.15. The fraction of sp³-hybridized carbons (Fsp3) is 0.222. The Kier molecular flexibility index (Phi) is 1.50. The Morgan fingerprint density at radius 2 is 2.25 bits per heavy atom. The first-order chi connectivity index (χ1) is 5.79. The molecule has 3 heteroatoms. The molecule has 0 atom stereocenters. The Morgan fingerprint density at radius 1 is 1.42 bits per heavy atom. The first-order valence-electron chi connectivity index (χ1n) is 3.71. The van der Waals surface area contributed by atoms with Gasteiger partial charge in [0.15, 0.2) is 11.5 Å². The summed E-state index contributed by atoms with van der Waals surface area (Å²) in [5, 5.41) is 0. The minimum atomic E-state index is 0.679. The third-order valence-electron chi connectivity index (χ3n) is 1.70. The molecular formula is C9H9NO2. The topological polar surface area (TPSA) is 35.3 Å². The smallest absolute Gasteiger partial charge is 0.192 e. The van der Waals surface area contributed by atoms with E-state index in [4.69, 9.17) is 9.15 Å². The van der Waals surface area contributed by atoms with Crippen molar-refractivity contribution in [1.82, 2.24) is 4.98 Å². The number of methoxy groups -OCH3 is 1. The molecule has 62 valence electrons. The Hall–Kier alpha value is -1.51. The molecule has 1 heterocycles. The minimum absolute atomic E-state index is 0.679. The molecule has 0 saturated heterocycles. The monoisotopic (exact) mass is 163 g/mol. The Bertz CT molecular complexity index is 406. The van der Waals surface area contributed by atoms with Crippen LogP contribution in [0.2, 0.25) is 0 Å². The van der Waals surface area contributed by atoms with E-state index in [0.717, 1.165) is 16.8 Å². The highest BCUT2D eigenvalue weighted by molar-refractivity contribution is 5.74. The number of benzene rings is 1. The molecule has 0 radical (unpaired) electrons. The predicted molar refractivity (Wildman–Crippen MR) is 45.3 cm³/mol. The summed E-state index contributed by atoms with van der Waals surface area (Å²) >= 11 is 0. The van der Waals surface area contributed by atoms with Gasteiger partial charge in [0.1, 0.15) is 11.3 Å². The summed E-state index contributed by atoms with van der Waals surface area (Å²) in [6.45, 7) is 1.83. The van der Waals surface area contributed by atoms with Crippen molar-refractivity contribution >= 4 is 11.1 Å². The molecular weight excluding hydrogens is 154 g/mol. The maximum Gasteiger partial charge on any atom is 0.192 e. The summed E-state index contributed by atoms with van der Waals surface area (Å²) in [6, 6.07) is 5.57. The molecule has 2 rings (SSSR count). The molecule has 0 aliphatic rings. The number of hydrogen-bond acceptors (Lipinski definition) is 3. The first kappa shape index (κ1) is 7.16. The highest BCUT2D eigenvalue weighted by atomic mass is 16.5. The highest BCUT2D eigenvalue weighted by Crippen LogP contribution is 2.20. The molecule has 0 amide bonds. The van der Waals surface area contributed by atoms with Gasteiger partial charge in [-0.1, -0.05) is 0 Å². The Balaban J connectivity index is 2.66. The average Bonchev–Trinajstić information content (AvgIpc) is 2.43. The standard InChI is InChI=1S/C9H9NO2/c1-6-10-8-4-3-7(11-2)5-9(8)12-6/h3-5H,1-2H3. The second kappa shape index (κ2) is 2.52. The predicted octanol–water partition coefficient (Wildman–Crippen LogP) is 2.14. The van der Waals surface area contributed by atoms with E-state index in [1.807, 2.05) is 25.1 Å². The average molecular weight is 163 g/mol. The van der Waals surface area contributed by atoms with Crippen LogP contribution in [-0.4, -0.2) is 12.1 Å². The lowest BCUT2D eigenvalue weighted by molar-refractivity contribution is 0.414. The van der Waals surface area contributed by atoms with Gasteiger partial charge in [-0.15, -0.1) is 0 Å². The number of aromatic nitrogens is 1. The van der Waals surface area contributed by atoms with Gasteiger partial charge < -0.3 is 9.15 Å². The molecule has 0 saturated carbocycles. The molecule has 0 spiro atoms. The number of oxazole rings is 1. The van der Waals surface area contributed by atoms with Gasteiger partial charge in [-0.05, 0) is 12.1 Å². The van der Waals surface area contributed by atoms with Gasteiger partial charge in [0.25, 0.3) is 0 Å². The zero-order valence-corrected chi connectivity index (χ0v) is 7.00. The van der Waals surface area contributed by atoms with E-state index in [9.17, 15) is 0 Å². The zero-order chi connectivity index (χ0) is 8.55. The molecule has 0 aliphatic heterocycles. The molecule has 12 heavy (non-hydrogen) atoms. The fourth-order valence-electron chi connectivity index (χ4n) is 1.15. The number of hydrogen-bond donors (Lipinski definition) is 0. The van der Waals surface area contributed by atoms with Gasteiger partial charge >= 0.3 is 0 Å². The molecule has 0 fully saturated rings. The van der Waals surface area contributed by atoms with Crippen LogP contribution in [0.1, 0.15) is 5.89 Å². The van der Waals surface area contributed by atoms with Crippen LogP contribution in [-0.2, 0) is 0 Å². The van der Waals surface area contributed by atoms with Crippen molar-refractivity contribution in [3.05, 3.63) is 24.1 Å². The summed E-state index contributed by atoms with van der Waals surface area (Å²) in [5.41, 5.74) is 1.64. The maximum absolute atomic E-state index is 5.32. The van der Waals surface area contributed by atoms with E-state index >= 15 is 0 Å². The van der Waals surface area contributed by atoms with E-state index in [1.54, 1.807) is 7.11 Å². The second-order valence-electron chi connectivity index (χ2n) is 2.57. The first-order valence-corrected chi connectivity index (χ1v) is 3.71. The van der Waals surface area contributed by atoms with Crippen LogP contribution in [0.25, 0.3) is 11.1 Å². The van der Waals surface area contributed by atoms with Crippen LogP contribution in [0.5, 0.6) is 5.75 Å². The summed E-state index contributed by atoms with van der Waals surface area (Å²) in [4.78, 5) is 4.17. The third-order valence-corrected chi connectivity index (χ3v) is 1.70. The van der Waals surface area contributed by atoms with Gasteiger partial charge in [0.05, 0.1) is 7.11 Å². The van der Waals surface area contributed by atoms with Crippen molar-refractivity contribution in [2.45, 2.75) is 6.92 Å². The van der Waals surface area contributed by atoms with Crippen LogP contribution < -0.4 is 4.74 Å². The molecule has 1 aromatic heterocycles. The largest absolute Gasteiger partial charge is 0.497 e. The number of nitrogens with zero attached hydrogens (tertiary/aromatic N) is 1. The minimum Gasteiger partial charge on any atom is -0.497 e. The van der Waals surface area contributed by atoms with Crippen molar-refractivity contribution < 1.29 is 9.15 Å². The van der Waals surface area contributed by atoms with Crippen molar-refractivity contribution in [1.29, 1.82) is 0 Å². The van der Waals surface area contributed by atoms with Crippen LogP contribution in [0.3, 0.4) is 0 Å². The molecule has 0 N–H and O–H groups in total. The van der Waals surface area contributed by atoms with Gasteiger partial charge in [-0.2, -0.15) is 0 Å². The van der Waals surface area contributed by atoms with E-state index < -0.39 is 0 Å². The molecule has 1 aromatic carbocycles. The lowest BCUT2D eigenvalue weighted by atomic mass is 10.3. The van der Waals surface area contributed by atoms with Gasteiger partial charge in [-0.3, -0.25) is 0 Å². The van der Waals surface area contributed by atoms with Crippen molar-refractivity contribution in [3.63, 3.8) is 0 Å². The summed E-state index contributed by atoms with van der Waals surface area (Å²) in [6.07, 6.45) is 0. The molecule has 2 aromatic rings. The molecule has 0 aliphatic carbocycles. The Labute approximate surface area is 70.0 Å². The lowest BCUT2D eigenvalue weighted by Gasteiger charge is -1.95. The van der Waals surface area contributed by atoms with Gasteiger partial charge in [0.2, 0.25) is 0 Å². The van der Waals surface area contributed by atoms with E-state index in [0.29, 0.717) is 5.89 Å². The normalized spacial score (nSPS) is 10.5. The van der Waals surface area contributed by atoms with E-state index in [1.165, 1.54) is 0 Å². The van der Waals surface area contributed by atoms with Gasteiger partial charge in [-0.25, -0.2) is 4.98 Å². The summed E-state index contributed by atoms with van der Waals surface area (Å²) < 4.78 is 10.4. The van der Waals surface area contributed by atoms with Crippen molar-refractivity contribution in [3.8, 4) is 5.75 Å². The number of aryl methyl sites for hydroxylation is 1. The molecule has 0 unspecified atom stereocenters. The number of rotatable bonds is 1. The lowest BCUT2D eigenvalue weighted by Crippen LogP contribution is -1.80. The molecule has 3 nitrogen and oxygen atoms in total. The molecule has 0 bridgehead atoms. The SMILES string of the molecule is COc1ccc2nc(C)oc2c1. The summed E-state index contributed by atoms with van der Waals surface area (Å²) in [5.74, 6) is 1.47. The summed E-state index contributed by atoms with van der Waals surface area (Å²) in [7, 11) is 1.63. The van der Waals surface area contributed by atoms with Crippen molar-refractivity contribution in [2.75, 3.05) is 7.11 Å².